The topological polar surface area (TPSA) is 30.5 Å². The fraction of sp³-hybridized carbons (Fsp3) is 1.00. The minimum atomic E-state index is -1.76. The Labute approximate surface area is 89.0 Å². The predicted molar refractivity (Wildman–Crippen MR) is 50.9 cm³/mol. The second-order valence-electron chi connectivity index (χ2n) is 3.47. The maximum atomic E-state index is 5.40. The molecule has 0 aliphatic rings. The van der Waals surface area contributed by atoms with Gasteiger partial charge in [-0.05, 0) is 0 Å². The van der Waals surface area contributed by atoms with E-state index in [0.717, 1.165) is 13.0 Å². The molecule has 0 bridgehead atoms. The Hall–Kier alpha value is 0.594. The van der Waals surface area contributed by atoms with Crippen LogP contribution in [0.1, 0.15) is 27.2 Å². The number of hydrogen-bond donors (Lipinski definition) is 1. The van der Waals surface area contributed by atoms with E-state index in [-0.39, 0.29) is 0 Å². The summed E-state index contributed by atoms with van der Waals surface area (Å²) in [5.41, 5.74) is 0. The third kappa shape index (κ3) is 5.81. The van der Waals surface area contributed by atoms with Gasteiger partial charge in [0.2, 0.25) is 0 Å². The van der Waals surface area contributed by atoms with Gasteiger partial charge in [-0.15, -0.1) is 0 Å². The zero-order valence-corrected chi connectivity index (χ0v) is 10.9. The Morgan fingerprint density at radius 3 is 2.08 bits per heavy atom. The van der Waals surface area contributed by atoms with E-state index in [1.807, 2.05) is 0 Å². The molecule has 1 N–H and O–H groups in total. The van der Waals surface area contributed by atoms with Crippen molar-refractivity contribution in [3.05, 3.63) is 0 Å². The first-order valence-corrected chi connectivity index (χ1v) is 7.01. The second-order valence-corrected chi connectivity index (χ2v) is 6.83. The zero-order chi connectivity index (χ0) is 10.3. The third-order valence-corrected chi connectivity index (χ3v) is 4.68. The number of nitrogens with one attached hydrogen (secondary N) is 1. The van der Waals surface area contributed by atoms with Gasteiger partial charge < -0.3 is 0 Å². The summed E-state index contributed by atoms with van der Waals surface area (Å²) in [6, 6.07) is 0. The molecule has 0 amide bonds. The van der Waals surface area contributed by atoms with Crippen LogP contribution in [0, 0.1) is 5.92 Å². The molecule has 0 aromatic heterocycles. The van der Waals surface area contributed by atoms with Crippen molar-refractivity contribution in [1.29, 1.82) is 0 Å². The van der Waals surface area contributed by atoms with Crippen LogP contribution < -0.4 is 5.32 Å². The molecule has 1 atom stereocenters. The molecule has 13 heavy (non-hydrogen) atoms. The fourth-order valence-electron chi connectivity index (χ4n) is 1.35. The van der Waals surface area contributed by atoms with Gasteiger partial charge in [0.1, 0.15) is 0 Å². The van der Waals surface area contributed by atoms with Gasteiger partial charge in [0.15, 0.2) is 0 Å². The van der Waals surface area contributed by atoms with E-state index < -0.39 is 18.6 Å². The van der Waals surface area contributed by atoms with Crippen molar-refractivity contribution >= 4 is 0 Å². The Morgan fingerprint density at radius 2 is 1.77 bits per heavy atom. The van der Waals surface area contributed by atoms with Crippen LogP contribution in [0.5, 0.6) is 0 Å². The molecule has 0 aromatic carbocycles. The Morgan fingerprint density at radius 1 is 1.23 bits per heavy atom. The van der Waals surface area contributed by atoms with E-state index >= 15 is 0 Å². The van der Waals surface area contributed by atoms with Crippen molar-refractivity contribution in [2.24, 2.45) is 5.92 Å². The summed E-state index contributed by atoms with van der Waals surface area (Å²) in [6.07, 6.45) is 1.14. The van der Waals surface area contributed by atoms with Crippen molar-refractivity contribution in [2.75, 3.05) is 20.8 Å². The minimum absolute atomic E-state index is 0.458. The van der Waals surface area contributed by atoms with E-state index in [1.165, 1.54) is 0 Å². The molecule has 0 radical (unpaired) electrons. The SMILES string of the molecule is CCN[CH](CC(C)C)[Ti]([O]C)[O]C. The van der Waals surface area contributed by atoms with Crippen molar-refractivity contribution in [1.82, 2.24) is 5.32 Å². The second kappa shape index (κ2) is 7.95. The van der Waals surface area contributed by atoms with Crippen LogP contribution in [0.25, 0.3) is 0 Å². The Balaban J connectivity index is 4.03. The van der Waals surface area contributed by atoms with Crippen molar-refractivity contribution < 1.29 is 25.3 Å². The normalized spacial score (nSPS) is 13.4. The molecule has 0 aliphatic heterocycles. The zero-order valence-electron chi connectivity index (χ0n) is 9.39. The summed E-state index contributed by atoms with van der Waals surface area (Å²) in [4.78, 5) is 0. The van der Waals surface area contributed by atoms with Crippen LogP contribution in [-0.4, -0.2) is 25.1 Å². The van der Waals surface area contributed by atoms with Gasteiger partial charge in [-0.1, -0.05) is 0 Å². The van der Waals surface area contributed by atoms with Crippen LogP contribution in [-0.2, 0) is 25.3 Å². The first-order valence-electron chi connectivity index (χ1n) is 4.83. The van der Waals surface area contributed by atoms with Crippen LogP contribution in [0.3, 0.4) is 0 Å². The van der Waals surface area contributed by atoms with Crippen LogP contribution >= 0.6 is 0 Å². The standard InChI is InChI=1S/C7H16N.2CH3O.Ti/c1-4-8-6-5-7(2)3;2*1-2;/h6-8H,4-5H2,1-3H3;2*1H3;/q;2*-1;+2. The molecule has 0 saturated heterocycles. The van der Waals surface area contributed by atoms with Gasteiger partial charge in [-0.25, -0.2) is 0 Å². The molecule has 3 nitrogen and oxygen atoms in total. The fourth-order valence-corrected chi connectivity index (χ4v) is 4.11. The summed E-state index contributed by atoms with van der Waals surface area (Å²) in [5, 5.41) is 3.44. The number of rotatable bonds is 7. The van der Waals surface area contributed by atoms with E-state index in [9.17, 15) is 0 Å². The number of hydrogen-bond acceptors (Lipinski definition) is 3. The van der Waals surface area contributed by atoms with Crippen molar-refractivity contribution in [2.45, 2.75) is 31.5 Å². The molecule has 0 aromatic rings. The average molecular weight is 224 g/mol. The molecule has 0 spiro atoms. The molecular formula is C9H22NO2Ti. The average Bonchev–Trinajstić information content (AvgIpc) is 2.05. The van der Waals surface area contributed by atoms with Gasteiger partial charge in [-0.2, -0.15) is 0 Å². The van der Waals surface area contributed by atoms with Crippen LogP contribution in [0.2, 0.25) is 0 Å². The Bertz CT molecular complexity index is 118. The molecule has 0 rings (SSSR count). The molecule has 0 saturated carbocycles. The van der Waals surface area contributed by atoms with Gasteiger partial charge in [0, 0.05) is 0 Å². The monoisotopic (exact) mass is 224 g/mol. The van der Waals surface area contributed by atoms with Gasteiger partial charge in [0.05, 0.1) is 0 Å². The summed E-state index contributed by atoms with van der Waals surface area (Å²) in [7, 11) is 3.51. The Kier molecular flexibility index (Phi) is 8.31. The van der Waals surface area contributed by atoms with Gasteiger partial charge in [0.25, 0.3) is 0 Å². The van der Waals surface area contributed by atoms with Crippen molar-refractivity contribution in [3.8, 4) is 0 Å². The van der Waals surface area contributed by atoms with E-state index in [1.54, 1.807) is 14.2 Å². The molecule has 79 valence electrons. The third-order valence-electron chi connectivity index (χ3n) is 1.84. The molecular weight excluding hydrogens is 202 g/mol. The van der Waals surface area contributed by atoms with Crippen LogP contribution in [0.4, 0.5) is 0 Å². The van der Waals surface area contributed by atoms with Gasteiger partial charge in [-0.3, -0.25) is 0 Å². The molecule has 4 heteroatoms. The first-order chi connectivity index (χ1) is 6.15. The summed E-state index contributed by atoms with van der Waals surface area (Å²) in [5.74, 6) is 0.692. The van der Waals surface area contributed by atoms with Gasteiger partial charge >= 0.3 is 88.8 Å². The van der Waals surface area contributed by atoms with Crippen molar-refractivity contribution in [3.63, 3.8) is 0 Å². The van der Waals surface area contributed by atoms with E-state index in [2.05, 4.69) is 26.1 Å². The van der Waals surface area contributed by atoms with E-state index in [4.69, 9.17) is 6.64 Å². The van der Waals surface area contributed by atoms with Crippen LogP contribution in [0.15, 0.2) is 0 Å². The molecule has 0 fully saturated rings. The summed E-state index contributed by atoms with van der Waals surface area (Å²) < 4.78 is 11.3. The molecule has 1 unspecified atom stereocenters. The molecule has 0 aliphatic carbocycles. The quantitative estimate of drug-likeness (QED) is 0.668. The summed E-state index contributed by atoms with van der Waals surface area (Å²) >= 11 is -1.76. The molecule has 0 heterocycles. The summed E-state index contributed by atoms with van der Waals surface area (Å²) in [6.45, 7) is 7.56. The first kappa shape index (κ1) is 13.6. The van der Waals surface area contributed by atoms with E-state index in [0.29, 0.717) is 10.3 Å². The predicted octanol–water partition coefficient (Wildman–Crippen LogP) is 1.71. The maximum absolute atomic E-state index is 5.40.